The normalized spacial score (nSPS) is 20.3. The van der Waals surface area contributed by atoms with Crippen LogP contribution in [0.4, 0.5) is 0 Å². The lowest BCUT2D eigenvalue weighted by Crippen LogP contribution is -2.58. The van der Waals surface area contributed by atoms with E-state index < -0.39 is 5.66 Å². The summed E-state index contributed by atoms with van der Waals surface area (Å²) in [7, 11) is 0. The first-order valence-corrected chi connectivity index (χ1v) is 11.1. The van der Waals surface area contributed by atoms with Crippen molar-refractivity contribution in [2.75, 3.05) is 13.1 Å². The highest BCUT2D eigenvalue weighted by Gasteiger charge is 2.56. The van der Waals surface area contributed by atoms with E-state index in [1.807, 2.05) is 36.4 Å². The van der Waals surface area contributed by atoms with E-state index in [2.05, 4.69) is 4.37 Å². The SMILES string of the molecule is O=C1c2ccccc2CC2(c3ccc(Cl)cc3)N1CCN2C(=O)c1nsc(Cl)c1Cl. The summed E-state index contributed by atoms with van der Waals surface area (Å²) in [6, 6.07) is 14.7. The molecule has 2 aliphatic heterocycles. The first-order chi connectivity index (χ1) is 14.4. The van der Waals surface area contributed by atoms with E-state index >= 15 is 0 Å². The van der Waals surface area contributed by atoms with Crippen LogP contribution in [0.25, 0.3) is 0 Å². The summed E-state index contributed by atoms with van der Waals surface area (Å²) in [6.07, 6.45) is 0.456. The highest BCUT2D eigenvalue weighted by atomic mass is 35.5. The highest BCUT2D eigenvalue weighted by Crippen LogP contribution is 2.46. The van der Waals surface area contributed by atoms with E-state index in [9.17, 15) is 9.59 Å². The van der Waals surface area contributed by atoms with Gasteiger partial charge in [-0.2, -0.15) is 4.37 Å². The Morgan fingerprint density at radius 3 is 2.47 bits per heavy atom. The quantitative estimate of drug-likeness (QED) is 0.514. The monoisotopic (exact) mass is 477 g/mol. The predicted octanol–water partition coefficient (Wildman–Crippen LogP) is 5.11. The second kappa shape index (κ2) is 7.24. The molecule has 0 bridgehead atoms. The summed E-state index contributed by atoms with van der Waals surface area (Å²) in [5, 5.41) is 0.716. The van der Waals surface area contributed by atoms with Crippen molar-refractivity contribution < 1.29 is 9.59 Å². The van der Waals surface area contributed by atoms with Crippen molar-refractivity contribution >= 4 is 58.1 Å². The van der Waals surface area contributed by atoms with Crippen molar-refractivity contribution in [3.05, 3.63) is 85.3 Å². The van der Waals surface area contributed by atoms with Crippen LogP contribution >= 0.6 is 46.3 Å². The Morgan fingerprint density at radius 1 is 1.03 bits per heavy atom. The van der Waals surface area contributed by atoms with E-state index in [0.29, 0.717) is 30.1 Å². The maximum absolute atomic E-state index is 13.6. The van der Waals surface area contributed by atoms with Crippen molar-refractivity contribution in [1.29, 1.82) is 0 Å². The van der Waals surface area contributed by atoms with Gasteiger partial charge >= 0.3 is 0 Å². The topological polar surface area (TPSA) is 53.5 Å². The van der Waals surface area contributed by atoms with E-state index in [0.717, 1.165) is 22.7 Å². The summed E-state index contributed by atoms with van der Waals surface area (Å²) >= 11 is 19.4. The van der Waals surface area contributed by atoms with Gasteiger partial charge in [0.15, 0.2) is 5.69 Å². The minimum Gasteiger partial charge on any atom is -0.309 e. The molecule has 1 saturated heterocycles. The van der Waals surface area contributed by atoms with Crippen LogP contribution < -0.4 is 0 Å². The van der Waals surface area contributed by atoms with Crippen LogP contribution in [0.5, 0.6) is 0 Å². The molecule has 0 radical (unpaired) electrons. The molecule has 0 N–H and O–H groups in total. The summed E-state index contributed by atoms with van der Waals surface area (Å²) < 4.78 is 4.43. The van der Waals surface area contributed by atoms with Crippen LogP contribution in [0, 0.1) is 0 Å². The lowest BCUT2D eigenvalue weighted by atomic mass is 9.83. The zero-order valence-corrected chi connectivity index (χ0v) is 18.5. The van der Waals surface area contributed by atoms with Crippen LogP contribution in [0.15, 0.2) is 48.5 Å². The number of carbonyl (C=O) groups excluding carboxylic acids is 2. The van der Waals surface area contributed by atoms with E-state index in [1.165, 1.54) is 0 Å². The van der Waals surface area contributed by atoms with Gasteiger partial charge in [-0.05, 0) is 40.9 Å². The molecule has 5 rings (SSSR count). The molecule has 1 unspecified atom stereocenters. The predicted molar refractivity (Wildman–Crippen MR) is 117 cm³/mol. The molecule has 5 nitrogen and oxygen atoms in total. The fourth-order valence-electron chi connectivity index (χ4n) is 4.39. The highest BCUT2D eigenvalue weighted by molar-refractivity contribution is 7.11. The molecule has 2 amide bonds. The molecule has 0 aliphatic carbocycles. The van der Waals surface area contributed by atoms with Crippen molar-refractivity contribution in [3.63, 3.8) is 0 Å². The van der Waals surface area contributed by atoms with Gasteiger partial charge in [0, 0.05) is 30.1 Å². The number of benzene rings is 2. The summed E-state index contributed by atoms with van der Waals surface area (Å²) in [5.74, 6) is -0.461. The Morgan fingerprint density at radius 2 is 1.77 bits per heavy atom. The number of rotatable bonds is 2. The fraction of sp³-hybridized carbons (Fsp3) is 0.190. The first-order valence-electron chi connectivity index (χ1n) is 9.22. The largest absolute Gasteiger partial charge is 0.309 e. The van der Waals surface area contributed by atoms with Crippen molar-refractivity contribution in [3.8, 4) is 0 Å². The van der Waals surface area contributed by atoms with E-state index in [4.69, 9.17) is 34.8 Å². The molecule has 1 fully saturated rings. The van der Waals surface area contributed by atoms with Gasteiger partial charge in [-0.3, -0.25) is 9.59 Å². The van der Waals surface area contributed by atoms with Gasteiger partial charge in [-0.25, -0.2) is 0 Å². The molecule has 30 heavy (non-hydrogen) atoms. The Bertz CT molecular complexity index is 1180. The second-order valence-corrected chi connectivity index (χ2v) is 9.38. The molecule has 3 aromatic rings. The van der Waals surface area contributed by atoms with Gasteiger partial charge < -0.3 is 9.80 Å². The van der Waals surface area contributed by atoms with E-state index in [-0.39, 0.29) is 26.9 Å². The number of nitrogens with zero attached hydrogens (tertiary/aromatic N) is 3. The molecule has 3 heterocycles. The molecule has 2 aromatic carbocycles. The smallest absolute Gasteiger partial charge is 0.277 e. The molecule has 1 atom stereocenters. The molecular formula is C21H14Cl3N3O2S. The lowest BCUT2D eigenvalue weighted by Gasteiger charge is -2.47. The first kappa shape index (κ1) is 19.8. The molecule has 0 saturated carbocycles. The lowest BCUT2D eigenvalue weighted by molar-refractivity contribution is 0.00750. The molecule has 2 aliphatic rings. The molecule has 0 spiro atoms. The maximum atomic E-state index is 13.6. The summed E-state index contributed by atoms with van der Waals surface area (Å²) in [5.41, 5.74) is 1.46. The minimum absolute atomic E-state index is 0.105. The third-order valence-electron chi connectivity index (χ3n) is 5.72. The Hall–Kier alpha value is -2.12. The van der Waals surface area contributed by atoms with Crippen molar-refractivity contribution in [1.82, 2.24) is 14.2 Å². The third-order valence-corrected chi connectivity index (χ3v) is 7.59. The van der Waals surface area contributed by atoms with Gasteiger partial charge in [0.2, 0.25) is 0 Å². The van der Waals surface area contributed by atoms with Crippen LogP contribution in [0.2, 0.25) is 14.4 Å². The molecular weight excluding hydrogens is 465 g/mol. The fourth-order valence-corrected chi connectivity index (χ4v) is 5.50. The number of halogens is 3. The Kier molecular flexibility index (Phi) is 4.78. The molecule has 152 valence electrons. The number of hydrogen-bond donors (Lipinski definition) is 0. The standard InChI is InChI=1S/C21H14Cl3N3O2S/c22-14-7-5-13(6-8-14)21-11-12-3-1-2-4-15(12)19(28)26(21)9-10-27(21)20(29)17-16(23)18(24)30-25-17/h1-8H,9-11H2. The number of hydrogen-bond acceptors (Lipinski definition) is 4. The second-order valence-electron chi connectivity index (χ2n) is 7.19. The van der Waals surface area contributed by atoms with Gasteiger partial charge in [-0.15, -0.1) is 0 Å². The van der Waals surface area contributed by atoms with Gasteiger partial charge in [0.05, 0.1) is 0 Å². The van der Waals surface area contributed by atoms with Crippen molar-refractivity contribution in [2.45, 2.75) is 12.1 Å². The maximum Gasteiger partial charge on any atom is 0.277 e. The number of aromatic nitrogens is 1. The van der Waals surface area contributed by atoms with Crippen molar-refractivity contribution in [2.24, 2.45) is 0 Å². The summed E-state index contributed by atoms with van der Waals surface area (Å²) in [6.45, 7) is 0.754. The number of fused-ring (bicyclic) bond motifs is 2. The summed E-state index contributed by atoms with van der Waals surface area (Å²) in [4.78, 5) is 30.4. The average molecular weight is 479 g/mol. The minimum atomic E-state index is -0.994. The Balaban J connectivity index is 1.71. The average Bonchev–Trinajstić information content (AvgIpc) is 3.30. The zero-order valence-electron chi connectivity index (χ0n) is 15.4. The van der Waals surface area contributed by atoms with Crippen LogP contribution in [-0.2, 0) is 12.1 Å². The van der Waals surface area contributed by atoms with Gasteiger partial charge in [0.1, 0.15) is 15.0 Å². The number of amides is 2. The molecule has 9 heteroatoms. The zero-order chi connectivity index (χ0) is 21.0. The van der Waals surface area contributed by atoms with Crippen LogP contribution in [-0.4, -0.2) is 39.1 Å². The third kappa shape index (κ3) is 2.78. The molecule has 1 aromatic heterocycles. The van der Waals surface area contributed by atoms with Gasteiger partial charge in [0.25, 0.3) is 11.8 Å². The van der Waals surface area contributed by atoms with Gasteiger partial charge in [-0.1, -0.05) is 65.1 Å². The van der Waals surface area contributed by atoms with E-state index in [1.54, 1.807) is 21.9 Å². The van der Waals surface area contributed by atoms with Crippen LogP contribution in [0.3, 0.4) is 0 Å². The Labute approximate surface area is 191 Å². The number of carbonyl (C=O) groups is 2. The van der Waals surface area contributed by atoms with Crippen LogP contribution in [0.1, 0.15) is 32.0 Å².